The smallest absolute Gasteiger partial charge is 0.146 e. The number of thiazole rings is 1. The SMILES string of the molecule is COc1ccc(-c2ccccc2)c2sc(C(N)c3cccnc3)nc12. The van der Waals surface area contributed by atoms with Gasteiger partial charge in [-0.3, -0.25) is 4.98 Å². The summed E-state index contributed by atoms with van der Waals surface area (Å²) in [6, 6.07) is 17.9. The van der Waals surface area contributed by atoms with E-state index in [0.29, 0.717) is 0 Å². The zero-order valence-corrected chi connectivity index (χ0v) is 14.5. The first-order chi connectivity index (χ1) is 12.3. The molecule has 0 saturated carbocycles. The van der Waals surface area contributed by atoms with Gasteiger partial charge in [-0.25, -0.2) is 4.98 Å². The van der Waals surface area contributed by atoms with Gasteiger partial charge >= 0.3 is 0 Å². The molecular formula is C20H17N3OS. The largest absolute Gasteiger partial charge is 0.494 e. The van der Waals surface area contributed by atoms with Crippen molar-refractivity contribution in [1.82, 2.24) is 9.97 Å². The molecule has 0 spiro atoms. The molecule has 0 saturated heterocycles. The molecular weight excluding hydrogens is 330 g/mol. The molecule has 1 unspecified atom stereocenters. The van der Waals surface area contributed by atoms with Crippen molar-refractivity contribution in [3.63, 3.8) is 0 Å². The summed E-state index contributed by atoms with van der Waals surface area (Å²) in [5.41, 5.74) is 10.5. The number of rotatable bonds is 4. The van der Waals surface area contributed by atoms with E-state index in [4.69, 9.17) is 15.5 Å². The van der Waals surface area contributed by atoms with Crippen molar-refractivity contribution in [2.45, 2.75) is 6.04 Å². The monoisotopic (exact) mass is 347 g/mol. The Balaban J connectivity index is 1.89. The molecule has 4 nitrogen and oxygen atoms in total. The Hall–Kier alpha value is -2.76. The maximum atomic E-state index is 6.43. The lowest BCUT2D eigenvalue weighted by Gasteiger charge is -2.07. The molecule has 2 N–H and O–H groups in total. The predicted molar refractivity (Wildman–Crippen MR) is 102 cm³/mol. The Morgan fingerprint density at radius 2 is 1.88 bits per heavy atom. The normalized spacial score (nSPS) is 12.2. The quantitative estimate of drug-likeness (QED) is 0.594. The third-order valence-corrected chi connectivity index (χ3v) is 5.31. The van der Waals surface area contributed by atoms with Crippen LogP contribution in [-0.4, -0.2) is 17.1 Å². The number of aromatic nitrogens is 2. The van der Waals surface area contributed by atoms with Gasteiger partial charge < -0.3 is 10.5 Å². The van der Waals surface area contributed by atoms with Crippen LogP contribution in [0.3, 0.4) is 0 Å². The molecule has 2 aromatic heterocycles. The Labute approximate surface area is 149 Å². The molecule has 2 aromatic carbocycles. The Morgan fingerprint density at radius 3 is 2.60 bits per heavy atom. The van der Waals surface area contributed by atoms with Gasteiger partial charge in [0.25, 0.3) is 0 Å². The summed E-state index contributed by atoms with van der Waals surface area (Å²) in [6.45, 7) is 0. The van der Waals surface area contributed by atoms with Crippen LogP contribution in [-0.2, 0) is 0 Å². The molecule has 0 amide bonds. The number of nitrogens with zero attached hydrogens (tertiary/aromatic N) is 2. The summed E-state index contributed by atoms with van der Waals surface area (Å²) in [7, 11) is 1.66. The molecule has 0 radical (unpaired) electrons. The predicted octanol–water partition coefficient (Wildman–Crippen LogP) is 4.42. The third kappa shape index (κ3) is 2.88. The van der Waals surface area contributed by atoms with Gasteiger partial charge in [0, 0.05) is 18.0 Å². The van der Waals surface area contributed by atoms with Gasteiger partial charge in [-0.05, 0) is 29.3 Å². The minimum Gasteiger partial charge on any atom is -0.494 e. The van der Waals surface area contributed by atoms with Crippen molar-refractivity contribution < 1.29 is 4.74 Å². The van der Waals surface area contributed by atoms with Crippen LogP contribution in [0.1, 0.15) is 16.6 Å². The van der Waals surface area contributed by atoms with E-state index < -0.39 is 0 Å². The van der Waals surface area contributed by atoms with Gasteiger partial charge in [0.05, 0.1) is 17.9 Å². The lowest BCUT2D eigenvalue weighted by molar-refractivity contribution is 0.419. The number of fused-ring (bicyclic) bond motifs is 1. The van der Waals surface area contributed by atoms with Crippen LogP contribution in [0, 0.1) is 0 Å². The first-order valence-corrected chi connectivity index (χ1v) is 8.78. The van der Waals surface area contributed by atoms with Crippen LogP contribution in [0.25, 0.3) is 21.3 Å². The minimum atomic E-state index is -0.306. The third-order valence-electron chi connectivity index (χ3n) is 4.14. The standard InChI is InChI=1S/C20H17N3OS/c1-24-16-10-9-15(13-6-3-2-4-7-13)19-18(16)23-20(25-19)17(21)14-8-5-11-22-12-14/h2-12,17H,21H2,1H3. The molecule has 2 heterocycles. The zero-order chi connectivity index (χ0) is 17.2. The summed E-state index contributed by atoms with van der Waals surface area (Å²) in [5.74, 6) is 0.760. The number of ether oxygens (including phenoxy) is 1. The number of hydrogen-bond acceptors (Lipinski definition) is 5. The topological polar surface area (TPSA) is 61.0 Å². The van der Waals surface area contributed by atoms with Crippen molar-refractivity contribution >= 4 is 21.6 Å². The highest BCUT2D eigenvalue weighted by Crippen LogP contribution is 2.39. The van der Waals surface area contributed by atoms with Crippen molar-refractivity contribution in [2.75, 3.05) is 7.11 Å². The summed E-state index contributed by atoms with van der Waals surface area (Å²) in [6.07, 6.45) is 3.52. The van der Waals surface area contributed by atoms with Crippen LogP contribution in [0.2, 0.25) is 0 Å². The van der Waals surface area contributed by atoms with Crippen LogP contribution in [0.4, 0.5) is 0 Å². The second kappa shape index (κ2) is 6.63. The second-order valence-corrected chi connectivity index (χ2v) is 6.71. The van der Waals surface area contributed by atoms with Gasteiger partial charge in [0.15, 0.2) is 0 Å². The maximum absolute atomic E-state index is 6.43. The van der Waals surface area contributed by atoms with E-state index in [1.807, 2.05) is 36.4 Å². The van der Waals surface area contributed by atoms with E-state index in [0.717, 1.165) is 37.7 Å². The first-order valence-electron chi connectivity index (χ1n) is 7.96. The maximum Gasteiger partial charge on any atom is 0.146 e. The highest BCUT2D eigenvalue weighted by atomic mass is 32.1. The lowest BCUT2D eigenvalue weighted by Crippen LogP contribution is -2.11. The van der Waals surface area contributed by atoms with Crippen molar-refractivity contribution in [2.24, 2.45) is 5.73 Å². The molecule has 0 aliphatic carbocycles. The number of hydrogen-bond donors (Lipinski definition) is 1. The van der Waals surface area contributed by atoms with Crippen molar-refractivity contribution in [3.8, 4) is 16.9 Å². The van der Waals surface area contributed by atoms with E-state index in [-0.39, 0.29) is 6.04 Å². The summed E-state index contributed by atoms with van der Waals surface area (Å²) in [5, 5.41) is 0.852. The van der Waals surface area contributed by atoms with E-state index in [9.17, 15) is 0 Å². The molecule has 0 fully saturated rings. The molecule has 25 heavy (non-hydrogen) atoms. The molecule has 0 aliphatic heterocycles. The average Bonchev–Trinajstić information content (AvgIpc) is 3.13. The molecule has 0 bridgehead atoms. The average molecular weight is 347 g/mol. The summed E-state index contributed by atoms with van der Waals surface area (Å²) < 4.78 is 6.59. The van der Waals surface area contributed by atoms with Gasteiger partial charge in [0.1, 0.15) is 16.3 Å². The van der Waals surface area contributed by atoms with Crippen LogP contribution < -0.4 is 10.5 Å². The molecule has 0 aliphatic rings. The molecule has 4 aromatic rings. The van der Waals surface area contributed by atoms with E-state index in [1.54, 1.807) is 30.8 Å². The van der Waals surface area contributed by atoms with Gasteiger partial charge in [-0.1, -0.05) is 36.4 Å². The Morgan fingerprint density at radius 1 is 1.04 bits per heavy atom. The second-order valence-electron chi connectivity index (χ2n) is 5.68. The number of methoxy groups -OCH3 is 1. The van der Waals surface area contributed by atoms with E-state index in [1.165, 1.54) is 0 Å². The summed E-state index contributed by atoms with van der Waals surface area (Å²) >= 11 is 1.61. The fourth-order valence-electron chi connectivity index (χ4n) is 2.85. The van der Waals surface area contributed by atoms with E-state index >= 15 is 0 Å². The first kappa shape index (κ1) is 15.7. The molecule has 4 rings (SSSR count). The summed E-state index contributed by atoms with van der Waals surface area (Å²) in [4.78, 5) is 8.94. The fourth-order valence-corrected chi connectivity index (χ4v) is 3.99. The Bertz CT molecular complexity index is 1000. The molecule has 1 atom stereocenters. The van der Waals surface area contributed by atoms with Gasteiger partial charge in [-0.15, -0.1) is 11.3 Å². The van der Waals surface area contributed by atoms with Crippen molar-refractivity contribution in [1.29, 1.82) is 0 Å². The lowest BCUT2D eigenvalue weighted by atomic mass is 10.1. The van der Waals surface area contributed by atoms with Crippen molar-refractivity contribution in [3.05, 3.63) is 77.6 Å². The number of pyridine rings is 1. The fraction of sp³-hybridized carbons (Fsp3) is 0.100. The minimum absolute atomic E-state index is 0.306. The van der Waals surface area contributed by atoms with E-state index in [2.05, 4.69) is 23.2 Å². The Kier molecular flexibility index (Phi) is 4.17. The van der Waals surface area contributed by atoms with Gasteiger partial charge in [-0.2, -0.15) is 0 Å². The van der Waals surface area contributed by atoms with Crippen LogP contribution in [0.5, 0.6) is 5.75 Å². The zero-order valence-electron chi connectivity index (χ0n) is 13.7. The van der Waals surface area contributed by atoms with Gasteiger partial charge in [0.2, 0.25) is 0 Å². The highest BCUT2D eigenvalue weighted by molar-refractivity contribution is 7.19. The molecule has 124 valence electrons. The molecule has 5 heteroatoms. The number of benzene rings is 2. The van der Waals surface area contributed by atoms with Crippen LogP contribution >= 0.6 is 11.3 Å². The highest BCUT2D eigenvalue weighted by Gasteiger charge is 2.19. The van der Waals surface area contributed by atoms with Crippen LogP contribution in [0.15, 0.2) is 67.0 Å². The number of nitrogens with two attached hydrogens (primary N) is 1.